The van der Waals surface area contributed by atoms with Crippen LogP contribution in [-0.4, -0.2) is 17.2 Å². The number of aliphatic hydroxyl groups is 1. The minimum atomic E-state index is -0.918. The summed E-state index contributed by atoms with van der Waals surface area (Å²) in [5.74, 6) is -0.335. The van der Waals surface area contributed by atoms with Crippen LogP contribution in [0.2, 0.25) is 0 Å². The average molecular weight is 283 g/mol. The van der Waals surface area contributed by atoms with Crippen molar-refractivity contribution in [3.63, 3.8) is 0 Å². The van der Waals surface area contributed by atoms with Gasteiger partial charge in [-0.05, 0) is 35.4 Å². The Balaban J connectivity index is 2.08. The van der Waals surface area contributed by atoms with E-state index in [0.717, 1.165) is 10.9 Å². The molecule has 0 saturated heterocycles. The lowest BCUT2D eigenvalue weighted by molar-refractivity contribution is 0.221. The van der Waals surface area contributed by atoms with Crippen molar-refractivity contribution in [3.8, 4) is 5.75 Å². The van der Waals surface area contributed by atoms with Crippen LogP contribution in [0, 0.1) is 5.82 Å². The molecule has 1 aromatic heterocycles. The summed E-state index contributed by atoms with van der Waals surface area (Å²) in [7, 11) is 1.41. The van der Waals surface area contributed by atoms with Gasteiger partial charge in [0.25, 0.3) is 0 Å². The van der Waals surface area contributed by atoms with E-state index in [2.05, 4.69) is 4.98 Å². The molecule has 0 aliphatic heterocycles. The van der Waals surface area contributed by atoms with Crippen LogP contribution in [0.3, 0.4) is 0 Å². The summed E-state index contributed by atoms with van der Waals surface area (Å²) in [4.78, 5) is 4.26. The molecule has 3 aromatic rings. The summed E-state index contributed by atoms with van der Waals surface area (Å²) in [6.07, 6.45) is 0.782. The summed E-state index contributed by atoms with van der Waals surface area (Å²) < 4.78 is 18.7. The van der Waals surface area contributed by atoms with Crippen molar-refractivity contribution in [2.24, 2.45) is 0 Å². The SMILES string of the molecule is COc1ccc(C(O)c2cccc3ncccc23)cc1F. The van der Waals surface area contributed by atoms with Gasteiger partial charge in [0.1, 0.15) is 6.10 Å². The van der Waals surface area contributed by atoms with E-state index in [1.807, 2.05) is 30.3 Å². The zero-order valence-corrected chi connectivity index (χ0v) is 11.5. The zero-order valence-electron chi connectivity index (χ0n) is 11.5. The van der Waals surface area contributed by atoms with Crippen molar-refractivity contribution < 1.29 is 14.2 Å². The van der Waals surface area contributed by atoms with Crippen molar-refractivity contribution in [1.82, 2.24) is 4.98 Å². The number of methoxy groups -OCH3 is 1. The highest BCUT2D eigenvalue weighted by atomic mass is 19.1. The van der Waals surface area contributed by atoms with Gasteiger partial charge in [-0.3, -0.25) is 4.98 Å². The predicted molar refractivity (Wildman–Crippen MR) is 78.8 cm³/mol. The van der Waals surface area contributed by atoms with E-state index in [9.17, 15) is 9.50 Å². The molecule has 1 unspecified atom stereocenters. The molecule has 3 nitrogen and oxygen atoms in total. The van der Waals surface area contributed by atoms with Gasteiger partial charge >= 0.3 is 0 Å². The zero-order chi connectivity index (χ0) is 14.8. The van der Waals surface area contributed by atoms with Crippen molar-refractivity contribution >= 4 is 10.9 Å². The molecule has 0 spiro atoms. The minimum absolute atomic E-state index is 0.158. The van der Waals surface area contributed by atoms with Crippen molar-refractivity contribution in [1.29, 1.82) is 0 Å². The predicted octanol–water partition coefficient (Wildman–Crippen LogP) is 3.46. The lowest BCUT2D eigenvalue weighted by Gasteiger charge is -2.14. The molecule has 1 atom stereocenters. The summed E-state index contributed by atoms with van der Waals surface area (Å²) in [5, 5.41) is 11.4. The largest absolute Gasteiger partial charge is 0.494 e. The van der Waals surface area contributed by atoms with Crippen molar-refractivity contribution in [2.75, 3.05) is 7.11 Å². The molecule has 0 saturated carbocycles. The number of ether oxygens (including phenoxy) is 1. The van der Waals surface area contributed by atoms with Gasteiger partial charge in [-0.15, -0.1) is 0 Å². The molecule has 1 N–H and O–H groups in total. The van der Waals surface area contributed by atoms with Crippen LogP contribution < -0.4 is 4.74 Å². The molecule has 2 aromatic carbocycles. The second kappa shape index (κ2) is 5.50. The minimum Gasteiger partial charge on any atom is -0.494 e. The molecular weight excluding hydrogens is 269 g/mol. The fourth-order valence-corrected chi connectivity index (χ4v) is 2.40. The number of hydrogen-bond donors (Lipinski definition) is 1. The van der Waals surface area contributed by atoms with Crippen molar-refractivity contribution in [3.05, 3.63) is 71.7 Å². The standard InChI is InChI=1S/C17H14FNO2/c1-21-16-8-7-11(10-14(16)18)17(20)13-4-2-6-15-12(13)5-3-9-19-15/h2-10,17,20H,1H3. The molecule has 0 aliphatic rings. The number of nitrogens with zero attached hydrogens (tertiary/aromatic N) is 1. The van der Waals surface area contributed by atoms with E-state index in [-0.39, 0.29) is 5.75 Å². The number of benzene rings is 2. The number of aromatic nitrogens is 1. The Labute approximate surface area is 121 Å². The maximum Gasteiger partial charge on any atom is 0.165 e. The summed E-state index contributed by atoms with van der Waals surface area (Å²) in [5.41, 5.74) is 1.97. The van der Waals surface area contributed by atoms with Crippen LogP contribution in [0.1, 0.15) is 17.2 Å². The molecule has 3 rings (SSSR count). The molecule has 0 fully saturated rings. The van der Waals surface area contributed by atoms with Crippen LogP contribution in [0.5, 0.6) is 5.75 Å². The average Bonchev–Trinajstić information content (AvgIpc) is 2.53. The quantitative estimate of drug-likeness (QED) is 0.800. The highest BCUT2D eigenvalue weighted by molar-refractivity contribution is 5.82. The Kier molecular flexibility index (Phi) is 3.54. The van der Waals surface area contributed by atoms with E-state index >= 15 is 0 Å². The molecule has 0 radical (unpaired) electrons. The fraction of sp³-hybridized carbons (Fsp3) is 0.118. The Morgan fingerprint density at radius 2 is 2.00 bits per heavy atom. The Morgan fingerprint density at radius 3 is 2.76 bits per heavy atom. The molecule has 1 heterocycles. The van der Waals surface area contributed by atoms with Gasteiger partial charge in [0.15, 0.2) is 11.6 Å². The number of halogens is 1. The third kappa shape index (κ3) is 2.45. The Hall–Kier alpha value is -2.46. The van der Waals surface area contributed by atoms with Crippen LogP contribution in [0.15, 0.2) is 54.7 Å². The molecule has 4 heteroatoms. The second-order valence-electron chi connectivity index (χ2n) is 4.71. The Morgan fingerprint density at radius 1 is 1.14 bits per heavy atom. The second-order valence-corrected chi connectivity index (χ2v) is 4.71. The number of fused-ring (bicyclic) bond motifs is 1. The molecule has 0 amide bonds. The number of hydrogen-bond acceptors (Lipinski definition) is 3. The highest BCUT2D eigenvalue weighted by Gasteiger charge is 2.15. The van der Waals surface area contributed by atoms with Crippen molar-refractivity contribution in [2.45, 2.75) is 6.10 Å². The number of rotatable bonds is 3. The molecule has 0 aliphatic carbocycles. The number of aliphatic hydroxyl groups excluding tert-OH is 1. The maximum atomic E-state index is 13.8. The Bertz CT molecular complexity index is 783. The van der Waals surface area contributed by atoms with Crippen LogP contribution in [-0.2, 0) is 0 Å². The first kappa shape index (κ1) is 13.5. The number of pyridine rings is 1. The van der Waals surface area contributed by atoms with Gasteiger partial charge in [-0.25, -0.2) is 4.39 Å². The van der Waals surface area contributed by atoms with E-state index in [1.165, 1.54) is 19.2 Å². The maximum absolute atomic E-state index is 13.8. The van der Waals surface area contributed by atoms with Crippen LogP contribution >= 0.6 is 0 Å². The van der Waals surface area contributed by atoms with Gasteiger partial charge in [0.05, 0.1) is 12.6 Å². The molecule has 0 bridgehead atoms. The van der Waals surface area contributed by atoms with E-state index in [0.29, 0.717) is 11.1 Å². The first-order valence-electron chi connectivity index (χ1n) is 6.56. The van der Waals surface area contributed by atoms with Gasteiger partial charge in [0.2, 0.25) is 0 Å². The normalized spacial score (nSPS) is 12.3. The van der Waals surface area contributed by atoms with E-state index < -0.39 is 11.9 Å². The van der Waals surface area contributed by atoms with Crippen LogP contribution in [0.4, 0.5) is 4.39 Å². The lowest BCUT2D eigenvalue weighted by atomic mass is 9.97. The fourth-order valence-electron chi connectivity index (χ4n) is 2.40. The lowest BCUT2D eigenvalue weighted by Crippen LogP contribution is -2.02. The monoisotopic (exact) mass is 283 g/mol. The van der Waals surface area contributed by atoms with Gasteiger partial charge in [-0.1, -0.05) is 24.3 Å². The summed E-state index contributed by atoms with van der Waals surface area (Å²) >= 11 is 0. The van der Waals surface area contributed by atoms with Gasteiger partial charge in [0, 0.05) is 11.6 Å². The summed E-state index contributed by atoms with van der Waals surface area (Å²) in [6.45, 7) is 0. The first-order valence-corrected chi connectivity index (χ1v) is 6.56. The molecule has 21 heavy (non-hydrogen) atoms. The third-order valence-electron chi connectivity index (χ3n) is 3.47. The van der Waals surface area contributed by atoms with E-state index in [1.54, 1.807) is 12.3 Å². The molecular formula is C17H14FNO2. The van der Waals surface area contributed by atoms with Crippen LogP contribution in [0.25, 0.3) is 10.9 Å². The third-order valence-corrected chi connectivity index (χ3v) is 3.47. The smallest absolute Gasteiger partial charge is 0.165 e. The first-order chi connectivity index (χ1) is 10.2. The molecule has 106 valence electrons. The van der Waals surface area contributed by atoms with E-state index in [4.69, 9.17) is 4.74 Å². The summed E-state index contributed by atoms with van der Waals surface area (Å²) in [6, 6.07) is 13.7. The highest BCUT2D eigenvalue weighted by Crippen LogP contribution is 2.30. The topological polar surface area (TPSA) is 42.4 Å². The van der Waals surface area contributed by atoms with Gasteiger partial charge < -0.3 is 9.84 Å². The van der Waals surface area contributed by atoms with Gasteiger partial charge in [-0.2, -0.15) is 0 Å².